The van der Waals surface area contributed by atoms with Crippen molar-refractivity contribution in [3.63, 3.8) is 0 Å². The number of aliphatic hydroxyl groups is 1. The van der Waals surface area contributed by atoms with E-state index in [4.69, 9.17) is 11.4 Å². The Bertz CT molecular complexity index is 2020. The molecule has 6 aromatic rings. The molecule has 40 heavy (non-hydrogen) atoms. The Balaban J connectivity index is 1.56. The lowest BCUT2D eigenvalue weighted by Crippen LogP contribution is -2.16. The van der Waals surface area contributed by atoms with Crippen LogP contribution in [0.2, 0.25) is 0 Å². The van der Waals surface area contributed by atoms with E-state index in [0.29, 0.717) is 0 Å². The molecule has 0 spiro atoms. The molecule has 1 aliphatic heterocycles. The fourth-order valence-corrected chi connectivity index (χ4v) is 6.01. The molecule has 0 saturated carbocycles. The SMILES string of the molecule is C#C/C=C(\C=C/C)c1ccc2c3c(cccc13)C(O)n1c-2nc2cc(-c3ccccc3)cc(-c3ccccc3)c21. The monoisotopic (exact) mass is 514 g/mol. The Hall–Kier alpha value is -5.17. The van der Waals surface area contributed by atoms with E-state index in [9.17, 15) is 5.11 Å². The molecule has 0 saturated heterocycles. The molecule has 0 radical (unpaired) electrons. The summed E-state index contributed by atoms with van der Waals surface area (Å²) < 4.78 is 1.99. The molecule has 1 N–H and O–H groups in total. The molecule has 1 unspecified atom stereocenters. The van der Waals surface area contributed by atoms with E-state index < -0.39 is 6.23 Å². The molecule has 0 amide bonds. The summed E-state index contributed by atoms with van der Waals surface area (Å²) in [6.45, 7) is 1.98. The van der Waals surface area contributed by atoms with Crippen LogP contribution in [0.1, 0.15) is 24.3 Å². The summed E-state index contributed by atoms with van der Waals surface area (Å²) in [4.78, 5) is 5.19. The number of hydrogen-bond acceptors (Lipinski definition) is 2. The fraction of sp³-hybridized carbons (Fsp3) is 0.0541. The van der Waals surface area contributed by atoms with Gasteiger partial charge >= 0.3 is 0 Å². The van der Waals surface area contributed by atoms with Crippen LogP contribution in [0.3, 0.4) is 0 Å². The van der Waals surface area contributed by atoms with Crippen molar-refractivity contribution < 1.29 is 5.11 Å². The van der Waals surface area contributed by atoms with Crippen LogP contribution in [0.15, 0.2) is 121 Å². The minimum atomic E-state index is -0.890. The van der Waals surface area contributed by atoms with E-state index in [0.717, 1.165) is 72.1 Å². The molecule has 7 rings (SSSR count). The molecule has 190 valence electrons. The summed E-state index contributed by atoms with van der Waals surface area (Å²) in [7, 11) is 0. The number of benzene rings is 5. The van der Waals surface area contributed by atoms with Crippen LogP contribution in [0.25, 0.3) is 61.0 Å². The predicted molar refractivity (Wildman–Crippen MR) is 166 cm³/mol. The van der Waals surface area contributed by atoms with E-state index in [1.54, 1.807) is 6.08 Å². The maximum Gasteiger partial charge on any atom is 0.159 e. The van der Waals surface area contributed by atoms with Gasteiger partial charge in [0.1, 0.15) is 5.82 Å². The van der Waals surface area contributed by atoms with Crippen molar-refractivity contribution >= 4 is 27.4 Å². The largest absolute Gasteiger partial charge is 0.369 e. The Kier molecular flexibility index (Phi) is 5.70. The molecule has 0 bridgehead atoms. The van der Waals surface area contributed by atoms with Gasteiger partial charge in [0.2, 0.25) is 0 Å². The Labute approximate surface area is 233 Å². The van der Waals surface area contributed by atoms with Crippen LogP contribution in [-0.2, 0) is 0 Å². The van der Waals surface area contributed by atoms with Crippen molar-refractivity contribution in [2.24, 2.45) is 0 Å². The number of rotatable bonds is 4. The highest BCUT2D eigenvalue weighted by Gasteiger charge is 2.30. The smallest absolute Gasteiger partial charge is 0.159 e. The third kappa shape index (κ3) is 3.62. The first-order valence-corrected chi connectivity index (χ1v) is 13.4. The molecule has 0 aliphatic carbocycles. The number of allylic oxidation sites excluding steroid dienone is 4. The van der Waals surface area contributed by atoms with Gasteiger partial charge in [0, 0.05) is 22.1 Å². The van der Waals surface area contributed by atoms with E-state index >= 15 is 0 Å². The summed E-state index contributed by atoms with van der Waals surface area (Å²) >= 11 is 0. The van der Waals surface area contributed by atoms with Gasteiger partial charge in [-0.25, -0.2) is 4.98 Å². The normalized spacial score (nSPS) is 14.5. The summed E-state index contributed by atoms with van der Waals surface area (Å²) in [6, 6.07) is 35.4. The zero-order valence-electron chi connectivity index (χ0n) is 22.0. The van der Waals surface area contributed by atoms with Gasteiger partial charge in [0.05, 0.1) is 11.0 Å². The third-order valence-electron chi connectivity index (χ3n) is 7.71. The predicted octanol–water partition coefficient (Wildman–Crippen LogP) is 8.64. The maximum atomic E-state index is 12.0. The molecule has 5 aromatic carbocycles. The van der Waals surface area contributed by atoms with Crippen LogP contribution in [0, 0.1) is 12.3 Å². The summed E-state index contributed by atoms with van der Waals surface area (Å²) in [5.74, 6) is 3.43. The van der Waals surface area contributed by atoms with E-state index in [2.05, 4.69) is 72.7 Å². The van der Waals surface area contributed by atoms with Crippen LogP contribution < -0.4 is 0 Å². The highest BCUT2D eigenvalue weighted by molar-refractivity contribution is 6.08. The highest BCUT2D eigenvalue weighted by Crippen LogP contribution is 2.46. The minimum absolute atomic E-state index is 0.758. The van der Waals surface area contributed by atoms with Gasteiger partial charge in [-0.3, -0.25) is 4.57 Å². The second kappa shape index (κ2) is 9.54. The Morgan fingerprint density at radius 3 is 2.33 bits per heavy atom. The second-order valence-corrected chi connectivity index (χ2v) is 10.00. The molecule has 1 atom stereocenters. The Morgan fingerprint density at radius 2 is 1.60 bits per heavy atom. The summed E-state index contributed by atoms with van der Waals surface area (Å²) in [5.41, 5.74) is 9.94. The van der Waals surface area contributed by atoms with Gasteiger partial charge in [-0.15, -0.1) is 6.42 Å². The summed E-state index contributed by atoms with van der Waals surface area (Å²) in [5, 5.41) is 14.0. The van der Waals surface area contributed by atoms with Crippen molar-refractivity contribution in [1.29, 1.82) is 0 Å². The highest BCUT2D eigenvalue weighted by atomic mass is 16.3. The van der Waals surface area contributed by atoms with Gasteiger partial charge in [-0.1, -0.05) is 103 Å². The van der Waals surface area contributed by atoms with Crippen LogP contribution in [0.4, 0.5) is 0 Å². The lowest BCUT2D eigenvalue weighted by Gasteiger charge is -2.26. The van der Waals surface area contributed by atoms with Crippen LogP contribution in [0.5, 0.6) is 0 Å². The van der Waals surface area contributed by atoms with Gasteiger partial charge in [0.25, 0.3) is 0 Å². The van der Waals surface area contributed by atoms with Gasteiger partial charge in [-0.2, -0.15) is 0 Å². The molecule has 1 aliphatic rings. The minimum Gasteiger partial charge on any atom is -0.369 e. The second-order valence-electron chi connectivity index (χ2n) is 10.00. The molecule has 2 heterocycles. The third-order valence-corrected chi connectivity index (χ3v) is 7.71. The number of fused-ring (bicyclic) bond motifs is 4. The molecule has 0 fully saturated rings. The average molecular weight is 515 g/mol. The Morgan fingerprint density at radius 1 is 0.850 bits per heavy atom. The quantitative estimate of drug-likeness (QED) is 0.189. The molecule has 3 heteroatoms. The number of terminal acetylenes is 1. The standard InChI is InChI=1S/C37H26N2O/c1-3-12-25(13-4-2)28-20-21-30-34-29(28)18-11-19-31(34)37(40)39-35-32(26-16-9-6-10-17-26)22-27(23-33(35)38-36(30)39)24-14-7-5-8-15-24/h1,4-23,37,40H,2H3/b13-4-,25-12+. The lowest BCUT2D eigenvalue weighted by molar-refractivity contribution is 0.152. The van der Waals surface area contributed by atoms with E-state index in [1.807, 2.05) is 60.0 Å². The van der Waals surface area contributed by atoms with Crippen LogP contribution in [-0.4, -0.2) is 14.7 Å². The van der Waals surface area contributed by atoms with Crippen molar-refractivity contribution in [2.45, 2.75) is 13.2 Å². The lowest BCUT2D eigenvalue weighted by atomic mass is 9.89. The van der Waals surface area contributed by atoms with Crippen LogP contribution >= 0.6 is 0 Å². The molecular formula is C37H26N2O. The maximum absolute atomic E-state index is 12.0. The first-order chi connectivity index (χ1) is 19.7. The topological polar surface area (TPSA) is 38.0 Å². The van der Waals surface area contributed by atoms with E-state index in [1.165, 1.54) is 0 Å². The van der Waals surface area contributed by atoms with Crippen molar-refractivity contribution in [1.82, 2.24) is 9.55 Å². The van der Waals surface area contributed by atoms with Crippen molar-refractivity contribution in [2.75, 3.05) is 0 Å². The zero-order chi connectivity index (χ0) is 27.2. The van der Waals surface area contributed by atoms with Gasteiger partial charge in [0.15, 0.2) is 6.23 Å². The number of imidazole rings is 1. The van der Waals surface area contributed by atoms with Crippen molar-refractivity contribution in [3.05, 3.63) is 132 Å². The van der Waals surface area contributed by atoms with Gasteiger partial charge < -0.3 is 5.11 Å². The first-order valence-electron chi connectivity index (χ1n) is 13.4. The average Bonchev–Trinajstić information content (AvgIpc) is 3.40. The number of hydrogen-bond donors (Lipinski definition) is 1. The first kappa shape index (κ1) is 23.9. The number of nitrogens with zero attached hydrogens (tertiary/aromatic N) is 2. The fourth-order valence-electron chi connectivity index (χ4n) is 6.01. The van der Waals surface area contributed by atoms with E-state index in [-0.39, 0.29) is 0 Å². The molecule has 3 nitrogen and oxygen atoms in total. The molecule has 1 aromatic heterocycles. The number of aromatic nitrogens is 2. The molecular weight excluding hydrogens is 488 g/mol. The summed E-state index contributed by atoms with van der Waals surface area (Å²) in [6.07, 6.45) is 10.6. The van der Waals surface area contributed by atoms with Gasteiger partial charge in [-0.05, 0) is 64.4 Å². The van der Waals surface area contributed by atoms with Crippen molar-refractivity contribution in [3.8, 4) is 46.0 Å². The zero-order valence-corrected chi connectivity index (χ0v) is 22.0. The number of aliphatic hydroxyl groups excluding tert-OH is 1.